The molecule has 13 N–H and O–H groups in total. The summed E-state index contributed by atoms with van der Waals surface area (Å²) < 4.78 is 82.1. The number of hydrogen-bond acceptors (Lipinski definition) is 16. The summed E-state index contributed by atoms with van der Waals surface area (Å²) in [5, 5.41) is 37.6. The summed E-state index contributed by atoms with van der Waals surface area (Å²) in [7, 11) is 0. The number of carbonyl (C=O) groups excluding carboxylic acids is 1. The standard InChI is InChI=1S/C21H14F3N3.C21H15N3O2.C20H14BrN3.C20H13F2N3.C20H15N3O.C16H13N3O/c22-21(23,24)16-7-3-1-6-14(16)19-15-11-26-20-18(15)13(9-10-25-20)12-5-2-4-8-17(12)27-19;1-2-4-16-13(3-1)14-7-8-22-21-19(14)15(10-23-21)20(24-16)12-5-6-17-18(9-12)26-11-25-17;21-16-7-3-1-6-14(16)19-15-11-23-20-18(15)13(9-10-22-20)12-5-2-4-8-17(12)24-19;21-14-5-3-6-15(22)18(14)19-13-10-24-20-17(13)12(8-9-23-20)11-4-1-2-7-16(11)25-19;24-17-8-4-2-6-14(17)19-15-11-22-20-18(15)13(9-10-21-20)12-5-1-3-7-16(12)23-19;1-9(20)15-12-8-18-16-14(12)11(6-7-17-16)10-4-2-3-5-13(10)19-15/h1-11,19,27H,(H,25,26);1-10,20,24H,11H2,(H,22,23);1-11,19,24H,(H,22,23);1-10,19,25H,(H,23,24);1-11,19,23-24H,(H,21,22);2-8,15,19H,1H3,(H,17,18). The average molecular weight is 1990 g/mol. The van der Waals surface area contributed by atoms with Crippen molar-refractivity contribution in [3.8, 4) is 84.0 Å². The van der Waals surface area contributed by atoms with Gasteiger partial charge in [-0.3, -0.25) is 4.79 Å². The van der Waals surface area contributed by atoms with Crippen LogP contribution in [0.5, 0.6) is 17.2 Å². The minimum Gasteiger partial charge on any atom is -0.508 e. The molecule has 6 unspecified atom stereocenters. The maximum absolute atomic E-state index is 14.5. The van der Waals surface area contributed by atoms with Crippen molar-refractivity contribution in [2.75, 3.05) is 38.7 Å². The van der Waals surface area contributed by atoms with Crippen LogP contribution in [-0.2, 0) is 11.0 Å². The Morgan fingerprint density at radius 2 is 0.623 bits per heavy atom. The number of para-hydroxylation sites is 7. The van der Waals surface area contributed by atoms with Gasteiger partial charge in [0.1, 0.15) is 57.3 Å². The summed E-state index contributed by atoms with van der Waals surface area (Å²) in [6, 6.07) is 90.5. The summed E-state index contributed by atoms with van der Waals surface area (Å²) >= 11 is 3.71. The number of alkyl halides is 3. The molecule has 0 bridgehead atoms. The van der Waals surface area contributed by atoms with Gasteiger partial charge in [-0.1, -0.05) is 192 Å². The third-order valence-electron chi connectivity index (χ3n) is 28.1. The van der Waals surface area contributed by atoms with Crippen molar-refractivity contribution in [1.29, 1.82) is 0 Å². The zero-order chi connectivity index (χ0) is 98.5. The summed E-state index contributed by atoms with van der Waals surface area (Å²) in [4.78, 5) is 57.9. The van der Waals surface area contributed by atoms with Crippen LogP contribution in [0, 0.1) is 11.6 Å². The number of benzene rings is 11. The van der Waals surface area contributed by atoms with Crippen LogP contribution in [0.15, 0.2) is 370 Å². The third kappa shape index (κ3) is 15.6. The van der Waals surface area contributed by atoms with Crippen LogP contribution >= 0.6 is 15.9 Å². The molecule has 7 aliphatic rings. The topological polar surface area (TPSA) is 300 Å². The van der Waals surface area contributed by atoms with Crippen LogP contribution in [-0.4, -0.2) is 77.5 Å². The molecule has 0 aliphatic carbocycles. The Morgan fingerprint density at radius 3 is 1.02 bits per heavy atom. The van der Waals surface area contributed by atoms with E-state index in [9.17, 15) is 31.9 Å². The Morgan fingerprint density at radius 1 is 0.315 bits per heavy atom. The van der Waals surface area contributed by atoms with Gasteiger partial charge in [0.2, 0.25) is 6.79 Å². The van der Waals surface area contributed by atoms with E-state index in [-0.39, 0.29) is 53.6 Å². The van der Waals surface area contributed by atoms with E-state index in [1.165, 1.54) is 74.7 Å². The first-order valence-corrected chi connectivity index (χ1v) is 48.3. The number of fused-ring (bicyclic) bond motifs is 13. The molecule has 22 nitrogen and oxygen atoms in total. The van der Waals surface area contributed by atoms with E-state index in [0.717, 1.165) is 184 Å². The van der Waals surface area contributed by atoms with E-state index >= 15 is 0 Å². The molecule has 146 heavy (non-hydrogen) atoms. The van der Waals surface area contributed by atoms with E-state index in [2.05, 4.69) is 229 Å². The zero-order valence-corrected chi connectivity index (χ0v) is 79.0. The van der Waals surface area contributed by atoms with E-state index in [1.54, 1.807) is 50.0 Å². The number of aromatic nitrogens is 12. The van der Waals surface area contributed by atoms with Gasteiger partial charge >= 0.3 is 6.18 Å². The van der Waals surface area contributed by atoms with Gasteiger partial charge in [-0.15, -0.1) is 0 Å². The van der Waals surface area contributed by atoms with Crippen LogP contribution in [0.25, 0.3) is 133 Å². The molecule has 0 fully saturated rings. The summed E-state index contributed by atoms with van der Waals surface area (Å²) in [5.74, 6) is 0.823. The summed E-state index contributed by atoms with van der Waals surface area (Å²) in [5.41, 5.74) is 32.7. The summed E-state index contributed by atoms with van der Waals surface area (Å²) in [6.45, 7) is 1.89. The average Bonchev–Trinajstić information content (AvgIpc) is 1.60. The fraction of sp³-hybridized carbons (Fsp3) is 0.0763. The smallest absolute Gasteiger partial charge is 0.416 e. The van der Waals surface area contributed by atoms with Gasteiger partial charge in [-0.25, -0.2) is 38.7 Å². The lowest BCUT2D eigenvalue weighted by molar-refractivity contribution is -0.138. The lowest BCUT2D eigenvalue weighted by Gasteiger charge is -2.23. The first-order valence-electron chi connectivity index (χ1n) is 47.5. The highest BCUT2D eigenvalue weighted by molar-refractivity contribution is 9.10. The molecular weight excluding hydrogens is 1910 g/mol. The first kappa shape index (κ1) is 88.9. The molecule has 712 valence electrons. The van der Waals surface area contributed by atoms with Gasteiger partial charge in [-0.05, 0) is 172 Å². The Hall–Kier alpha value is -18.4. The van der Waals surface area contributed by atoms with Gasteiger partial charge in [-0.2, -0.15) is 13.2 Å². The molecule has 23 aromatic rings. The van der Waals surface area contributed by atoms with Crippen molar-refractivity contribution in [3.63, 3.8) is 0 Å². The number of aromatic amines is 6. The highest BCUT2D eigenvalue weighted by atomic mass is 79.9. The van der Waals surface area contributed by atoms with Gasteiger partial charge in [0.25, 0.3) is 0 Å². The number of carbonyl (C=O) groups is 1. The zero-order valence-electron chi connectivity index (χ0n) is 77.4. The van der Waals surface area contributed by atoms with E-state index in [4.69, 9.17) is 9.47 Å². The summed E-state index contributed by atoms with van der Waals surface area (Å²) in [6.07, 6.45) is 17.9. The molecule has 19 heterocycles. The number of phenolic OH excluding ortho intramolecular Hbond substituents is 1. The second-order valence-electron chi connectivity index (χ2n) is 36.2. The molecule has 0 saturated carbocycles. The number of Topliss-reactive ketones (excluding diaryl/α,β-unsaturated/α-hetero) is 1. The number of rotatable bonds is 6. The highest BCUT2D eigenvalue weighted by Gasteiger charge is 2.40. The normalized spacial score (nSPS) is 16.0. The molecule has 6 atom stereocenters. The van der Waals surface area contributed by atoms with Crippen molar-refractivity contribution < 1.29 is 41.3 Å². The van der Waals surface area contributed by atoms with Crippen molar-refractivity contribution in [1.82, 2.24) is 59.8 Å². The van der Waals surface area contributed by atoms with Crippen LogP contribution in [0.4, 0.5) is 56.1 Å². The molecule has 0 amide bonds. The van der Waals surface area contributed by atoms with Crippen LogP contribution in [0.2, 0.25) is 0 Å². The third-order valence-corrected chi connectivity index (χ3v) is 28.8. The Bertz CT molecular complexity index is 8910. The molecule has 28 heteroatoms. The Balaban J connectivity index is 0.0000000915. The van der Waals surface area contributed by atoms with Gasteiger partial charge in [0.05, 0.1) is 41.3 Å². The quantitative estimate of drug-likeness (QED) is 0.0689. The van der Waals surface area contributed by atoms with Crippen molar-refractivity contribution in [3.05, 3.63) is 448 Å². The van der Waals surface area contributed by atoms with Gasteiger partial charge in [0.15, 0.2) is 17.3 Å². The van der Waals surface area contributed by atoms with Crippen LogP contribution < -0.4 is 41.4 Å². The first-order chi connectivity index (χ1) is 71.6. The largest absolute Gasteiger partial charge is 0.508 e. The number of nitrogens with zero attached hydrogens (tertiary/aromatic N) is 6. The number of nitrogens with one attached hydrogen (secondary N) is 12. The van der Waals surface area contributed by atoms with Crippen LogP contribution in [0.1, 0.15) is 110 Å². The second kappa shape index (κ2) is 36.6. The Labute approximate surface area is 838 Å². The SMILES string of the molecule is Brc1ccccc1C1Nc2ccccc2-c2ccnc3[nH]cc1c23.CC(=O)C1Nc2ccccc2-c2ccnc3[nH]cc1c23.FC(F)(F)c1ccccc1C1Nc2ccccc2-c2ccnc3[nH]cc1c23.Fc1cccc(F)c1C1Nc2ccccc2-c2ccnc3[nH]cc1c23.Oc1ccccc1C1Nc2ccccc2-c2ccnc3[nH]cc1c23.c1ccc2c(c1)NC(c1ccc3c(c1)OCO3)c1c[nH]c3nccc-2c13. The van der Waals surface area contributed by atoms with Crippen molar-refractivity contribution >= 4 is 122 Å². The number of hydrogen-bond donors (Lipinski definition) is 13. The monoisotopic (exact) mass is 1990 g/mol. The van der Waals surface area contributed by atoms with E-state index < -0.39 is 35.5 Å². The second-order valence-corrected chi connectivity index (χ2v) is 37.1. The molecule has 7 aliphatic heterocycles. The number of pyridine rings is 6. The predicted molar refractivity (Wildman–Crippen MR) is 566 cm³/mol. The number of anilines is 6. The minimum absolute atomic E-state index is 0.00917. The number of phenols is 1. The fourth-order valence-corrected chi connectivity index (χ4v) is 22.1. The van der Waals surface area contributed by atoms with Gasteiger partial charge in [0, 0.05) is 218 Å². The van der Waals surface area contributed by atoms with E-state index in [0.29, 0.717) is 11.3 Å². The number of halogens is 6. The minimum atomic E-state index is -4.43. The number of aromatic hydroxyl groups is 1. The molecule has 0 radical (unpaired) electrons. The number of ether oxygens (including phenoxy) is 2. The van der Waals surface area contributed by atoms with Gasteiger partial charge < -0.3 is 76.4 Å². The fourth-order valence-electron chi connectivity index (χ4n) is 21.5. The molecule has 0 spiro atoms. The molecule has 11 aromatic carbocycles. The van der Waals surface area contributed by atoms with E-state index in [1.807, 2.05) is 164 Å². The number of ketones is 1. The predicted octanol–water partition coefficient (Wildman–Crippen LogP) is 28.5. The Kier molecular flexibility index (Phi) is 22.3. The lowest BCUT2D eigenvalue weighted by Crippen LogP contribution is -2.17. The maximum Gasteiger partial charge on any atom is 0.416 e. The van der Waals surface area contributed by atoms with Crippen LogP contribution in [0.3, 0.4) is 0 Å². The highest BCUT2D eigenvalue weighted by Crippen LogP contribution is 2.54. The molecule has 0 saturated heterocycles. The van der Waals surface area contributed by atoms with Crippen molar-refractivity contribution in [2.45, 2.75) is 49.4 Å². The maximum atomic E-state index is 14.5. The molecular formula is C118H84BrF5N18O4. The van der Waals surface area contributed by atoms with Crippen molar-refractivity contribution in [2.24, 2.45) is 0 Å². The number of H-pyrrole nitrogens is 6. The molecule has 30 rings (SSSR count). The lowest BCUT2D eigenvalue weighted by atomic mass is 9.93. The molecule has 12 aromatic heterocycles.